The second-order valence-electron chi connectivity index (χ2n) is 7.09. The molecule has 0 saturated heterocycles. The monoisotopic (exact) mass is 385 g/mol. The summed E-state index contributed by atoms with van der Waals surface area (Å²) in [5.74, 6) is 0.566. The van der Waals surface area contributed by atoms with Crippen molar-refractivity contribution in [2.75, 3.05) is 6.61 Å². The van der Waals surface area contributed by atoms with E-state index < -0.39 is 5.97 Å². The average Bonchev–Trinajstić information content (AvgIpc) is 3.31. The predicted molar refractivity (Wildman–Crippen MR) is 104 cm³/mol. The molecule has 2 aromatic rings. The Hall–Kier alpha value is -2.21. The highest BCUT2D eigenvalue weighted by Gasteiger charge is 2.26. The zero-order valence-electron chi connectivity index (χ0n) is 15.1. The highest BCUT2D eigenvalue weighted by atomic mass is 32.2. The van der Waals surface area contributed by atoms with E-state index in [1.54, 1.807) is 0 Å². The molecule has 1 aliphatic heterocycles. The summed E-state index contributed by atoms with van der Waals surface area (Å²) in [7, 11) is 0. The minimum Gasteiger partial charge on any atom is -0.492 e. The average molecular weight is 385 g/mol. The quantitative estimate of drug-likeness (QED) is 0.748. The molecule has 1 saturated carbocycles. The molecule has 1 aliphatic carbocycles. The van der Waals surface area contributed by atoms with Gasteiger partial charge in [0.2, 0.25) is 0 Å². The number of ether oxygens (including phenoxy) is 2. The fourth-order valence-corrected chi connectivity index (χ4v) is 4.98. The number of benzene rings is 1. The molecule has 27 heavy (non-hydrogen) atoms. The van der Waals surface area contributed by atoms with Crippen molar-refractivity contribution < 1.29 is 19.4 Å². The molecular weight excluding hydrogens is 362 g/mol. The van der Waals surface area contributed by atoms with Crippen LogP contribution in [0.5, 0.6) is 11.5 Å². The van der Waals surface area contributed by atoms with Gasteiger partial charge >= 0.3 is 5.97 Å². The van der Waals surface area contributed by atoms with Crippen molar-refractivity contribution in [2.24, 2.45) is 0 Å². The molecule has 1 atom stereocenters. The van der Waals surface area contributed by atoms with Gasteiger partial charge in [0.15, 0.2) is 0 Å². The molecule has 0 bridgehead atoms. The largest absolute Gasteiger partial charge is 0.492 e. The summed E-state index contributed by atoms with van der Waals surface area (Å²) in [6.07, 6.45) is 7.09. The number of hydrogen-bond donors (Lipinski definition) is 1. The van der Waals surface area contributed by atoms with Crippen LogP contribution in [0, 0.1) is 0 Å². The Morgan fingerprint density at radius 3 is 2.96 bits per heavy atom. The van der Waals surface area contributed by atoms with Gasteiger partial charge in [-0.3, -0.25) is 4.79 Å². The third-order valence-corrected chi connectivity index (χ3v) is 6.51. The molecule has 6 heteroatoms. The number of pyridine rings is 1. The molecule has 0 spiro atoms. The lowest BCUT2D eigenvalue weighted by Crippen LogP contribution is -2.07. The fraction of sp³-hybridized carbons (Fsp3) is 0.429. The first kappa shape index (κ1) is 18.2. The van der Waals surface area contributed by atoms with Gasteiger partial charge in [0.05, 0.1) is 13.0 Å². The van der Waals surface area contributed by atoms with Crippen LogP contribution in [0.15, 0.2) is 41.6 Å². The van der Waals surface area contributed by atoms with Gasteiger partial charge in [-0.05, 0) is 25.0 Å². The van der Waals surface area contributed by atoms with Gasteiger partial charge < -0.3 is 14.6 Å². The minimum absolute atomic E-state index is 0.0840. The number of hydrogen-bond acceptors (Lipinski definition) is 5. The van der Waals surface area contributed by atoms with Gasteiger partial charge in [0, 0.05) is 34.6 Å². The second-order valence-corrected chi connectivity index (χ2v) is 8.38. The molecule has 1 aromatic heterocycles. The van der Waals surface area contributed by atoms with Crippen LogP contribution in [0.1, 0.15) is 49.1 Å². The van der Waals surface area contributed by atoms with Crippen LogP contribution >= 0.6 is 11.8 Å². The maximum Gasteiger partial charge on any atom is 0.304 e. The first-order valence-corrected chi connectivity index (χ1v) is 10.3. The van der Waals surface area contributed by atoms with Crippen LogP contribution in [0.4, 0.5) is 0 Å². The number of rotatable bonds is 7. The third kappa shape index (κ3) is 4.38. The Morgan fingerprint density at radius 1 is 1.30 bits per heavy atom. The van der Waals surface area contributed by atoms with E-state index in [0.29, 0.717) is 18.5 Å². The van der Waals surface area contributed by atoms with Crippen LogP contribution < -0.4 is 9.47 Å². The molecule has 1 unspecified atom stereocenters. The summed E-state index contributed by atoms with van der Waals surface area (Å²) < 4.78 is 11.6. The number of carboxylic acids is 1. The number of carbonyl (C=O) groups is 1. The Bertz CT molecular complexity index is 820. The summed E-state index contributed by atoms with van der Waals surface area (Å²) in [4.78, 5) is 15.5. The predicted octanol–water partition coefficient (Wildman–Crippen LogP) is 4.65. The molecule has 142 valence electrons. The van der Waals surface area contributed by atoms with Gasteiger partial charge in [0.1, 0.15) is 23.1 Å². The molecule has 0 radical (unpaired) electrons. The Balaban J connectivity index is 1.42. The minimum atomic E-state index is -0.805. The molecule has 1 N–H and O–H groups in total. The summed E-state index contributed by atoms with van der Waals surface area (Å²) >= 11 is 1.87. The normalized spacial score (nSPS) is 18.9. The summed E-state index contributed by atoms with van der Waals surface area (Å²) in [6, 6.07) is 9.68. The Kier molecular flexibility index (Phi) is 5.53. The van der Waals surface area contributed by atoms with E-state index in [1.807, 2.05) is 42.2 Å². The molecule has 4 rings (SSSR count). The molecule has 0 amide bonds. The van der Waals surface area contributed by atoms with Crippen molar-refractivity contribution in [3.63, 3.8) is 0 Å². The van der Waals surface area contributed by atoms with Gasteiger partial charge in [-0.15, -0.1) is 11.8 Å². The van der Waals surface area contributed by atoms with Gasteiger partial charge in [-0.2, -0.15) is 0 Å². The van der Waals surface area contributed by atoms with Crippen LogP contribution in [0.3, 0.4) is 0 Å². The number of fused-ring (bicyclic) bond motifs is 1. The van der Waals surface area contributed by atoms with Crippen molar-refractivity contribution in [3.8, 4) is 11.5 Å². The van der Waals surface area contributed by atoms with Gasteiger partial charge in [-0.25, -0.2) is 4.98 Å². The van der Waals surface area contributed by atoms with Crippen LogP contribution in [-0.4, -0.2) is 27.9 Å². The zero-order chi connectivity index (χ0) is 18.6. The van der Waals surface area contributed by atoms with Gasteiger partial charge in [0.25, 0.3) is 0 Å². The summed E-state index contributed by atoms with van der Waals surface area (Å²) in [6.45, 7) is 0.871. The summed E-state index contributed by atoms with van der Waals surface area (Å²) in [5, 5.41) is 10.7. The number of thioether (sulfide) groups is 1. The van der Waals surface area contributed by atoms with Crippen LogP contribution in [-0.2, 0) is 11.4 Å². The van der Waals surface area contributed by atoms with Gasteiger partial charge in [-0.1, -0.05) is 25.0 Å². The SMILES string of the molecule is O=C(O)CC1COc2cc(OCc3cccnc3SC3CCCC3)ccc21. The lowest BCUT2D eigenvalue weighted by Gasteiger charge is -2.13. The highest BCUT2D eigenvalue weighted by Crippen LogP contribution is 2.39. The number of carboxylic acid groups (broad SMARTS) is 1. The van der Waals surface area contributed by atoms with E-state index in [1.165, 1.54) is 25.7 Å². The Morgan fingerprint density at radius 2 is 2.15 bits per heavy atom. The topological polar surface area (TPSA) is 68.7 Å². The van der Waals surface area contributed by atoms with E-state index in [9.17, 15) is 4.79 Å². The van der Waals surface area contributed by atoms with Crippen molar-refractivity contribution in [1.82, 2.24) is 4.98 Å². The van der Waals surface area contributed by atoms with E-state index in [4.69, 9.17) is 14.6 Å². The summed E-state index contributed by atoms with van der Waals surface area (Å²) in [5.41, 5.74) is 2.04. The third-order valence-electron chi connectivity index (χ3n) is 5.11. The highest BCUT2D eigenvalue weighted by molar-refractivity contribution is 7.99. The van der Waals surface area contributed by atoms with E-state index in [0.717, 1.165) is 27.7 Å². The van der Waals surface area contributed by atoms with Crippen molar-refractivity contribution >= 4 is 17.7 Å². The number of aliphatic carboxylic acids is 1. The molecule has 2 heterocycles. The lowest BCUT2D eigenvalue weighted by molar-refractivity contribution is -0.137. The number of aromatic nitrogens is 1. The van der Waals surface area contributed by atoms with E-state index in [2.05, 4.69) is 11.1 Å². The van der Waals surface area contributed by atoms with E-state index >= 15 is 0 Å². The Labute approximate surface area is 163 Å². The van der Waals surface area contributed by atoms with Crippen molar-refractivity contribution in [1.29, 1.82) is 0 Å². The van der Waals surface area contributed by atoms with Crippen molar-refractivity contribution in [2.45, 2.75) is 54.9 Å². The fourth-order valence-electron chi connectivity index (χ4n) is 3.69. The van der Waals surface area contributed by atoms with Crippen LogP contribution in [0.2, 0.25) is 0 Å². The first-order valence-electron chi connectivity index (χ1n) is 9.41. The first-order chi connectivity index (χ1) is 13.2. The zero-order valence-corrected chi connectivity index (χ0v) is 15.9. The second kappa shape index (κ2) is 8.21. The number of nitrogens with zero attached hydrogens (tertiary/aromatic N) is 1. The molecule has 1 aromatic carbocycles. The van der Waals surface area contributed by atoms with E-state index in [-0.39, 0.29) is 12.3 Å². The maximum atomic E-state index is 11.0. The molecule has 1 fully saturated rings. The maximum absolute atomic E-state index is 11.0. The molecular formula is C21H23NO4S. The molecule has 5 nitrogen and oxygen atoms in total. The standard InChI is InChI=1S/C21H23NO4S/c23-20(24)10-15-13-26-19-11-16(7-8-18(15)19)25-12-14-4-3-9-22-21(14)27-17-5-1-2-6-17/h3-4,7-9,11,15,17H,1-2,5-6,10,12-13H2,(H,23,24). The molecule has 2 aliphatic rings. The van der Waals surface area contributed by atoms with Crippen LogP contribution in [0.25, 0.3) is 0 Å². The lowest BCUT2D eigenvalue weighted by atomic mass is 9.98. The smallest absolute Gasteiger partial charge is 0.304 e. The van der Waals surface area contributed by atoms with Crippen molar-refractivity contribution in [3.05, 3.63) is 47.7 Å².